The lowest BCUT2D eigenvalue weighted by atomic mass is 9.94. The number of carbonyl (C=O) groups is 2. The number of nitrogens with zero attached hydrogens (tertiary/aromatic N) is 1. The molecule has 2 fully saturated rings. The average molecular weight is 256 g/mol. The Morgan fingerprint density at radius 1 is 1.41 bits per heavy atom. The third-order valence-electron chi connectivity index (χ3n) is 3.94. The molecule has 0 aromatic heterocycles. The molecular weight excluding hydrogens is 236 g/mol. The predicted molar refractivity (Wildman–Crippen MR) is 68.9 cm³/mol. The van der Waals surface area contributed by atoms with Gasteiger partial charge in [-0.2, -0.15) is 11.8 Å². The molecule has 0 spiro atoms. The zero-order valence-electron chi connectivity index (χ0n) is 10.7. The van der Waals surface area contributed by atoms with Gasteiger partial charge in [-0.05, 0) is 32.4 Å². The van der Waals surface area contributed by atoms with Crippen molar-refractivity contribution in [2.45, 2.75) is 43.4 Å². The summed E-state index contributed by atoms with van der Waals surface area (Å²) in [6.45, 7) is 4.69. The van der Waals surface area contributed by atoms with Gasteiger partial charge in [0.15, 0.2) is 0 Å². The molecule has 0 aromatic rings. The van der Waals surface area contributed by atoms with Crippen LogP contribution in [0.15, 0.2) is 0 Å². The molecule has 2 amide bonds. The van der Waals surface area contributed by atoms with Crippen LogP contribution in [0.25, 0.3) is 0 Å². The molecule has 1 unspecified atom stereocenters. The first-order valence-corrected chi connectivity index (χ1v) is 7.33. The minimum atomic E-state index is -0.705. The molecular formula is C12H20N2O2S. The molecule has 17 heavy (non-hydrogen) atoms. The monoisotopic (exact) mass is 256 g/mol. The molecule has 96 valence electrons. The number of hydrogen-bond donors (Lipinski definition) is 1. The second-order valence-corrected chi connectivity index (χ2v) is 6.56. The van der Waals surface area contributed by atoms with E-state index >= 15 is 0 Å². The highest BCUT2D eigenvalue weighted by molar-refractivity contribution is 8.00. The van der Waals surface area contributed by atoms with Crippen LogP contribution in [0.4, 0.5) is 0 Å². The molecule has 1 heterocycles. The molecule has 2 rings (SSSR count). The standard InChI is InChI=1S/C12H20N2O2S/c1-4-11(2)10(16)14(7-9(15)13-11)8-12(17-3)5-6-12/h4-8H2,1-3H3,(H,13,15). The summed E-state index contributed by atoms with van der Waals surface area (Å²) in [4.78, 5) is 25.8. The van der Waals surface area contributed by atoms with E-state index in [2.05, 4.69) is 11.6 Å². The Bertz CT molecular complexity index is 354. The van der Waals surface area contributed by atoms with E-state index in [1.165, 1.54) is 0 Å². The smallest absolute Gasteiger partial charge is 0.248 e. The summed E-state index contributed by atoms with van der Waals surface area (Å²) in [6.07, 6.45) is 5.03. The van der Waals surface area contributed by atoms with Gasteiger partial charge in [0.1, 0.15) is 5.54 Å². The van der Waals surface area contributed by atoms with E-state index < -0.39 is 5.54 Å². The van der Waals surface area contributed by atoms with Gasteiger partial charge >= 0.3 is 0 Å². The first kappa shape index (κ1) is 12.7. The van der Waals surface area contributed by atoms with Crippen molar-refractivity contribution >= 4 is 23.6 Å². The Morgan fingerprint density at radius 3 is 2.53 bits per heavy atom. The lowest BCUT2D eigenvalue weighted by Crippen LogP contribution is -2.65. The van der Waals surface area contributed by atoms with Crippen molar-refractivity contribution in [3.63, 3.8) is 0 Å². The predicted octanol–water partition coefficient (Wildman–Crippen LogP) is 1.01. The molecule has 1 saturated carbocycles. The molecule has 1 aliphatic carbocycles. The van der Waals surface area contributed by atoms with Crippen LogP contribution in [0.5, 0.6) is 0 Å². The third-order valence-corrected chi connectivity index (χ3v) is 5.34. The van der Waals surface area contributed by atoms with Gasteiger partial charge in [-0.15, -0.1) is 0 Å². The Kier molecular flexibility index (Phi) is 3.14. The number of carbonyl (C=O) groups excluding carboxylic acids is 2. The van der Waals surface area contributed by atoms with Gasteiger partial charge < -0.3 is 10.2 Å². The molecule has 0 radical (unpaired) electrons. The normalized spacial score (nSPS) is 31.4. The highest BCUT2D eigenvalue weighted by Crippen LogP contribution is 2.48. The van der Waals surface area contributed by atoms with Crippen LogP contribution >= 0.6 is 11.8 Å². The molecule has 2 aliphatic rings. The minimum Gasteiger partial charge on any atom is -0.340 e. The van der Waals surface area contributed by atoms with Gasteiger partial charge in [0, 0.05) is 11.3 Å². The average Bonchev–Trinajstić information content (AvgIpc) is 3.06. The van der Waals surface area contributed by atoms with Crippen LogP contribution in [-0.4, -0.2) is 46.3 Å². The summed E-state index contributed by atoms with van der Waals surface area (Å²) in [5.74, 6) is 0.0331. The molecule has 1 atom stereocenters. The van der Waals surface area contributed by atoms with E-state index in [9.17, 15) is 9.59 Å². The van der Waals surface area contributed by atoms with Gasteiger partial charge in [0.2, 0.25) is 11.8 Å². The zero-order valence-corrected chi connectivity index (χ0v) is 11.5. The Hall–Kier alpha value is -0.710. The molecule has 4 nitrogen and oxygen atoms in total. The van der Waals surface area contributed by atoms with Crippen molar-refractivity contribution in [2.24, 2.45) is 0 Å². The van der Waals surface area contributed by atoms with Crippen molar-refractivity contribution in [3.8, 4) is 0 Å². The van der Waals surface area contributed by atoms with Crippen LogP contribution in [0.1, 0.15) is 33.1 Å². The molecule has 0 aromatic carbocycles. The topological polar surface area (TPSA) is 49.4 Å². The zero-order chi connectivity index (χ0) is 12.7. The van der Waals surface area contributed by atoms with E-state index in [1.54, 1.807) is 4.90 Å². The lowest BCUT2D eigenvalue weighted by molar-refractivity contribution is -0.149. The minimum absolute atomic E-state index is 0.0362. The van der Waals surface area contributed by atoms with Crippen molar-refractivity contribution < 1.29 is 9.59 Å². The van der Waals surface area contributed by atoms with Gasteiger partial charge in [-0.1, -0.05) is 6.92 Å². The van der Waals surface area contributed by atoms with Crippen molar-refractivity contribution in [1.29, 1.82) is 0 Å². The molecule has 0 bridgehead atoms. The van der Waals surface area contributed by atoms with Gasteiger partial charge in [-0.3, -0.25) is 9.59 Å². The number of thioether (sulfide) groups is 1. The van der Waals surface area contributed by atoms with Crippen LogP contribution < -0.4 is 5.32 Å². The summed E-state index contributed by atoms with van der Waals surface area (Å²) < 4.78 is 0.224. The SMILES string of the molecule is CCC1(C)NC(=O)CN(CC2(SC)CC2)C1=O. The summed E-state index contributed by atoms with van der Waals surface area (Å²) in [5.41, 5.74) is -0.705. The maximum absolute atomic E-state index is 12.3. The fourth-order valence-electron chi connectivity index (χ4n) is 2.28. The number of piperazine rings is 1. The number of nitrogens with one attached hydrogen (secondary N) is 1. The maximum atomic E-state index is 12.3. The molecule has 1 aliphatic heterocycles. The fraction of sp³-hybridized carbons (Fsp3) is 0.833. The van der Waals surface area contributed by atoms with Gasteiger partial charge in [0.25, 0.3) is 0 Å². The van der Waals surface area contributed by atoms with Gasteiger partial charge in [-0.25, -0.2) is 0 Å². The van der Waals surface area contributed by atoms with Crippen LogP contribution in [0, 0.1) is 0 Å². The summed E-state index contributed by atoms with van der Waals surface area (Å²) >= 11 is 1.82. The maximum Gasteiger partial charge on any atom is 0.248 e. The first-order valence-electron chi connectivity index (χ1n) is 6.10. The van der Waals surface area contributed by atoms with E-state index in [4.69, 9.17) is 0 Å². The van der Waals surface area contributed by atoms with Crippen LogP contribution in [0.2, 0.25) is 0 Å². The molecule has 1 N–H and O–H groups in total. The summed E-state index contributed by atoms with van der Waals surface area (Å²) in [6, 6.07) is 0. The molecule has 1 saturated heterocycles. The van der Waals surface area contributed by atoms with E-state index in [1.807, 2.05) is 25.6 Å². The Morgan fingerprint density at radius 2 is 2.06 bits per heavy atom. The van der Waals surface area contributed by atoms with Crippen molar-refractivity contribution in [1.82, 2.24) is 10.2 Å². The highest BCUT2D eigenvalue weighted by Gasteiger charge is 2.48. The largest absolute Gasteiger partial charge is 0.340 e. The van der Waals surface area contributed by atoms with E-state index in [0.717, 1.165) is 19.4 Å². The quantitative estimate of drug-likeness (QED) is 0.816. The Labute approximate surface area is 106 Å². The summed E-state index contributed by atoms with van der Waals surface area (Å²) in [5, 5.41) is 2.81. The molecule has 5 heteroatoms. The Balaban J connectivity index is 2.11. The second kappa shape index (κ2) is 4.19. The van der Waals surface area contributed by atoms with Gasteiger partial charge in [0.05, 0.1) is 6.54 Å². The van der Waals surface area contributed by atoms with E-state index in [-0.39, 0.29) is 23.1 Å². The summed E-state index contributed by atoms with van der Waals surface area (Å²) in [7, 11) is 0. The number of rotatable bonds is 4. The van der Waals surface area contributed by atoms with Crippen molar-refractivity contribution in [3.05, 3.63) is 0 Å². The first-order chi connectivity index (χ1) is 7.95. The number of hydrogen-bond acceptors (Lipinski definition) is 3. The third kappa shape index (κ3) is 2.30. The second-order valence-electron chi connectivity index (χ2n) is 5.28. The van der Waals surface area contributed by atoms with Crippen LogP contribution in [-0.2, 0) is 9.59 Å². The van der Waals surface area contributed by atoms with Crippen molar-refractivity contribution in [2.75, 3.05) is 19.3 Å². The van der Waals surface area contributed by atoms with Crippen LogP contribution in [0.3, 0.4) is 0 Å². The van der Waals surface area contributed by atoms with E-state index in [0.29, 0.717) is 6.42 Å². The fourth-order valence-corrected chi connectivity index (χ4v) is 3.07. The lowest BCUT2D eigenvalue weighted by Gasteiger charge is -2.40. The highest BCUT2D eigenvalue weighted by atomic mass is 32.2. The number of amides is 2.